The zero-order valence-corrected chi connectivity index (χ0v) is 18.3. The van der Waals surface area contributed by atoms with E-state index in [0.717, 1.165) is 19.4 Å². The molecule has 33 heavy (non-hydrogen) atoms. The van der Waals surface area contributed by atoms with Gasteiger partial charge in [-0.1, -0.05) is 32.0 Å². The molecule has 0 unspecified atom stereocenters. The first-order valence-corrected chi connectivity index (χ1v) is 10.9. The molecule has 0 radical (unpaired) electrons. The summed E-state index contributed by atoms with van der Waals surface area (Å²) in [6.07, 6.45) is 2.68. The Hall–Kier alpha value is -3.49. The number of aromatic nitrogens is 6. The number of imidazole rings is 1. The van der Waals surface area contributed by atoms with Gasteiger partial charge in [0.2, 0.25) is 0 Å². The molecule has 5 rings (SSSR count). The summed E-state index contributed by atoms with van der Waals surface area (Å²) in [5.41, 5.74) is 4.36. The van der Waals surface area contributed by atoms with Gasteiger partial charge >= 0.3 is 6.18 Å². The summed E-state index contributed by atoms with van der Waals surface area (Å²) in [7, 11) is 0. The van der Waals surface area contributed by atoms with Gasteiger partial charge in [-0.25, -0.2) is 4.98 Å². The first-order valence-electron chi connectivity index (χ1n) is 10.9. The third-order valence-electron chi connectivity index (χ3n) is 6.23. The monoisotopic (exact) mass is 452 g/mol. The second-order valence-electron chi connectivity index (χ2n) is 8.71. The van der Waals surface area contributed by atoms with E-state index in [2.05, 4.69) is 57.4 Å². The summed E-state index contributed by atoms with van der Waals surface area (Å²) in [5.74, 6) is 0.906. The lowest BCUT2D eigenvalue weighted by atomic mass is 9.93. The Morgan fingerprint density at radius 1 is 1.12 bits per heavy atom. The van der Waals surface area contributed by atoms with E-state index in [-0.39, 0.29) is 11.3 Å². The topological polar surface area (TPSA) is 72.3 Å². The van der Waals surface area contributed by atoms with Gasteiger partial charge in [0.05, 0.1) is 12.0 Å². The van der Waals surface area contributed by atoms with E-state index in [9.17, 15) is 13.2 Å². The highest BCUT2D eigenvalue weighted by Crippen LogP contribution is 2.39. The van der Waals surface area contributed by atoms with E-state index >= 15 is 0 Å². The molecule has 0 saturated carbocycles. The van der Waals surface area contributed by atoms with Crippen LogP contribution in [0.5, 0.6) is 0 Å². The SMILES string of the molecule is CC(C)c1cccc2c1CC[C@@H]2Cn1cnc(-c2cc(-c3n[nH]nc3C(F)(F)F)ccn2)c1. The van der Waals surface area contributed by atoms with Crippen molar-refractivity contribution in [2.45, 2.75) is 51.2 Å². The maximum Gasteiger partial charge on any atom is 0.437 e. The first-order chi connectivity index (χ1) is 15.8. The van der Waals surface area contributed by atoms with Crippen molar-refractivity contribution in [2.24, 2.45) is 0 Å². The molecule has 1 aliphatic rings. The highest BCUT2D eigenvalue weighted by atomic mass is 19.4. The number of aromatic amines is 1. The Labute approximate surface area is 188 Å². The smallest absolute Gasteiger partial charge is 0.336 e. The number of benzene rings is 1. The quantitative estimate of drug-likeness (QED) is 0.428. The molecule has 1 aromatic carbocycles. The number of rotatable bonds is 5. The average molecular weight is 452 g/mol. The standard InChI is InChI=1S/C24H23F3N6/c1-14(2)17-4-3-5-18-16(6-7-19(17)18)11-33-12-21(29-13-33)20-10-15(8-9-28-20)22-23(24(25,26)27)31-32-30-22/h3-5,8-10,12-14,16H,6-7,11H2,1-2H3,(H,30,31,32)/t16-/m1/s1. The first kappa shape index (κ1) is 21.4. The van der Waals surface area contributed by atoms with Crippen molar-refractivity contribution in [3.05, 3.63) is 71.4 Å². The van der Waals surface area contributed by atoms with E-state index in [0.29, 0.717) is 23.2 Å². The fourth-order valence-electron chi connectivity index (χ4n) is 4.69. The normalized spacial score (nSPS) is 15.9. The lowest BCUT2D eigenvalue weighted by molar-refractivity contribution is -0.140. The molecular weight excluding hydrogens is 429 g/mol. The second kappa shape index (κ2) is 8.13. The highest BCUT2D eigenvalue weighted by Gasteiger charge is 2.38. The number of hydrogen-bond donors (Lipinski definition) is 1. The van der Waals surface area contributed by atoms with Gasteiger partial charge in [-0.15, -0.1) is 0 Å². The minimum atomic E-state index is -4.60. The molecule has 0 amide bonds. The van der Waals surface area contributed by atoms with E-state index < -0.39 is 11.9 Å². The number of halogens is 3. The number of nitrogens with zero attached hydrogens (tertiary/aromatic N) is 5. The van der Waals surface area contributed by atoms with Crippen LogP contribution in [-0.2, 0) is 19.1 Å². The summed E-state index contributed by atoms with van der Waals surface area (Å²) in [6, 6.07) is 9.62. The van der Waals surface area contributed by atoms with E-state index in [4.69, 9.17) is 0 Å². The number of pyridine rings is 1. The maximum atomic E-state index is 13.2. The molecule has 6 nitrogen and oxygen atoms in total. The molecule has 0 spiro atoms. The molecule has 0 bridgehead atoms. The van der Waals surface area contributed by atoms with E-state index in [1.54, 1.807) is 12.4 Å². The summed E-state index contributed by atoms with van der Waals surface area (Å²) in [6.45, 7) is 5.24. The van der Waals surface area contributed by atoms with Gasteiger partial charge < -0.3 is 4.57 Å². The molecule has 1 aliphatic carbocycles. The van der Waals surface area contributed by atoms with Gasteiger partial charge in [0.15, 0.2) is 5.69 Å². The second-order valence-corrected chi connectivity index (χ2v) is 8.71. The Morgan fingerprint density at radius 2 is 1.97 bits per heavy atom. The van der Waals surface area contributed by atoms with Crippen molar-refractivity contribution in [1.29, 1.82) is 0 Å². The third-order valence-corrected chi connectivity index (χ3v) is 6.23. The molecule has 1 N–H and O–H groups in total. The Balaban J connectivity index is 1.39. The third kappa shape index (κ3) is 4.03. The number of H-pyrrole nitrogens is 1. The van der Waals surface area contributed by atoms with Gasteiger partial charge in [0.1, 0.15) is 11.4 Å². The number of nitrogens with one attached hydrogen (secondary N) is 1. The molecule has 4 aromatic rings. The van der Waals surface area contributed by atoms with Gasteiger partial charge in [0, 0.05) is 30.4 Å². The van der Waals surface area contributed by atoms with Crippen molar-refractivity contribution in [3.8, 4) is 22.6 Å². The predicted molar refractivity (Wildman–Crippen MR) is 117 cm³/mol. The number of fused-ring (bicyclic) bond motifs is 1. The van der Waals surface area contributed by atoms with Crippen LogP contribution >= 0.6 is 0 Å². The molecule has 1 atom stereocenters. The fourth-order valence-corrected chi connectivity index (χ4v) is 4.69. The van der Waals surface area contributed by atoms with Gasteiger partial charge in [0.25, 0.3) is 0 Å². The van der Waals surface area contributed by atoms with Crippen LogP contribution in [0.15, 0.2) is 49.1 Å². The molecule has 3 aromatic heterocycles. The largest absolute Gasteiger partial charge is 0.437 e. The zero-order valence-electron chi connectivity index (χ0n) is 18.3. The Bertz CT molecular complexity index is 1290. The van der Waals surface area contributed by atoms with E-state index in [1.807, 2.05) is 10.8 Å². The molecule has 170 valence electrons. The van der Waals surface area contributed by atoms with Crippen LogP contribution in [-0.4, -0.2) is 29.9 Å². The van der Waals surface area contributed by atoms with Crippen molar-refractivity contribution >= 4 is 0 Å². The van der Waals surface area contributed by atoms with Crippen LogP contribution in [0.1, 0.15) is 54.5 Å². The van der Waals surface area contributed by atoms with Gasteiger partial charge in [-0.05, 0) is 47.6 Å². The summed E-state index contributed by atoms with van der Waals surface area (Å²) in [5, 5.41) is 9.02. The lowest BCUT2D eigenvalue weighted by Gasteiger charge is -2.15. The fraction of sp³-hybridized carbons (Fsp3) is 0.333. The molecule has 0 aliphatic heterocycles. The molecule has 3 heterocycles. The van der Waals surface area contributed by atoms with Crippen LogP contribution < -0.4 is 0 Å². The van der Waals surface area contributed by atoms with Crippen LogP contribution in [0.25, 0.3) is 22.6 Å². The van der Waals surface area contributed by atoms with Crippen molar-refractivity contribution in [1.82, 2.24) is 29.9 Å². The highest BCUT2D eigenvalue weighted by molar-refractivity contribution is 5.67. The Morgan fingerprint density at radius 3 is 2.76 bits per heavy atom. The minimum absolute atomic E-state index is 0.255. The molecule has 0 saturated heterocycles. The van der Waals surface area contributed by atoms with Crippen LogP contribution in [0.3, 0.4) is 0 Å². The molecule has 0 fully saturated rings. The summed E-state index contributed by atoms with van der Waals surface area (Å²) >= 11 is 0. The minimum Gasteiger partial charge on any atom is -0.336 e. The zero-order chi connectivity index (χ0) is 23.2. The maximum absolute atomic E-state index is 13.2. The van der Waals surface area contributed by atoms with Crippen LogP contribution in [0.4, 0.5) is 13.2 Å². The van der Waals surface area contributed by atoms with Gasteiger partial charge in [-0.3, -0.25) is 4.98 Å². The van der Waals surface area contributed by atoms with Crippen molar-refractivity contribution in [2.75, 3.05) is 0 Å². The van der Waals surface area contributed by atoms with E-state index in [1.165, 1.54) is 29.0 Å². The number of hydrogen-bond acceptors (Lipinski definition) is 4. The summed E-state index contributed by atoms with van der Waals surface area (Å²) < 4.78 is 41.7. The molecule has 9 heteroatoms. The van der Waals surface area contributed by atoms with Crippen molar-refractivity contribution < 1.29 is 13.2 Å². The Kier molecular flexibility index (Phi) is 5.26. The molecular formula is C24H23F3N6. The van der Waals surface area contributed by atoms with Crippen molar-refractivity contribution in [3.63, 3.8) is 0 Å². The lowest BCUT2D eigenvalue weighted by Crippen LogP contribution is -2.07. The summed E-state index contributed by atoms with van der Waals surface area (Å²) in [4.78, 5) is 8.77. The van der Waals surface area contributed by atoms with Crippen LogP contribution in [0.2, 0.25) is 0 Å². The van der Waals surface area contributed by atoms with Gasteiger partial charge in [-0.2, -0.15) is 28.6 Å². The van der Waals surface area contributed by atoms with Crippen LogP contribution in [0, 0.1) is 0 Å². The average Bonchev–Trinajstić information content (AvgIpc) is 3.53. The number of alkyl halides is 3. The predicted octanol–water partition coefficient (Wildman–Crippen LogP) is 5.60.